The monoisotopic (exact) mass is 264 g/mol. The summed E-state index contributed by atoms with van der Waals surface area (Å²) in [6.45, 7) is 4.70. The Morgan fingerprint density at radius 1 is 1.30 bits per heavy atom. The first kappa shape index (κ1) is 12.7. The molecular weight excluding hydrogens is 248 g/mol. The second kappa shape index (κ2) is 5.33. The second-order valence-electron chi connectivity index (χ2n) is 4.93. The van der Waals surface area contributed by atoms with Crippen LogP contribution in [0.3, 0.4) is 0 Å². The quantitative estimate of drug-likeness (QED) is 0.825. The van der Waals surface area contributed by atoms with Crippen LogP contribution < -0.4 is 10.7 Å². The summed E-state index contributed by atoms with van der Waals surface area (Å²) in [4.78, 5) is 17.7. The highest BCUT2D eigenvalue weighted by Gasteiger charge is 2.05. The van der Waals surface area contributed by atoms with Gasteiger partial charge in [0.1, 0.15) is 5.84 Å². The fraction of sp³-hybridized carbons (Fsp3) is 0.250. The van der Waals surface area contributed by atoms with E-state index in [0.717, 1.165) is 34.2 Å². The van der Waals surface area contributed by atoms with E-state index in [2.05, 4.69) is 39.0 Å². The number of fused-ring (bicyclic) bond motifs is 1. The molecule has 0 radical (unpaired) electrons. The Morgan fingerprint density at radius 3 is 3.00 bits per heavy atom. The van der Waals surface area contributed by atoms with E-state index in [9.17, 15) is 0 Å². The van der Waals surface area contributed by atoms with Crippen LogP contribution in [0.15, 0.2) is 40.6 Å². The molecule has 0 saturated heterocycles. The lowest BCUT2D eigenvalue weighted by Gasteiger charge is -2.06. The first-order chi connectivity index (χ1) is 9.72. The molecule has 0 aliphatic carbocycles. The SMILES string of the molecule is Cc1cc(C)c2c(n1)=NC(=NCc1cccnc1)CC=2. The molecule has 1 aliphatic rings. The average molecular weight is 264 g/mol. The minimum atomic E-state index is 0.612. The number of hydrogen-bond donors (Lipinski definition) is 0. The van der Waals surface area contributed by atoms with Gasteiger partial charge in [0.25, 0.3) is 0 Å². The van der Waals surface area contributed by atoms with Gasteiger partial charge in [-0.25, -0.2) is 9.98 Å². The van der Waals surface area contributed by atoms with Crippen molar-refractivity contribution in [1.29, 1.82) is 0 Å². The molecular formula is C16H16N4. The van der Waals surface area contributed by atoms with Gasteiger partial charge < -0.3 is 0 Å². The lowest BCUT2D eigenvalue weighted by molar-refractivity contribution is 0.997. The molecule has 2 aromatic rings. The predicted molar refractivity (Wildman–Crippen MR) is 79.0 cm³/mol. The largest absolute Gasteiger partial charge is 0.265 e. The highest BCUT2D eigenvalue weighted by Crippen LogP contribution is 2.02. The minimum absolute atomic E-state index is 0.612. The van der Waals surface area contributed by atoms with Crippen molar-refractivity contribution in [3.05, 3.63) is 58.1 Å². The second-order valence-corrected chi connectivity index (χ2v) is 4.93. The summed E-state index contributed by atoms with van der Waals surface area (Å²) in [6, 6.07) is 6.02. The van der Waals surface area contributed by atoms with Crippen molar-refractivity contribution in [2.45, 2.75) is 26.8 Å². The highest BCUT2D eigenvalue weighted by molar-refractivity contribution is 5.88. The van der Waals surface area contributed by atoms with Crippen molar-refractivity contribution < 1.29 is 0 Å². The van der Waals surface area contributed by atoms with E-state index in [1.54, 1.807) is 6.20 Å². The molecule has 3 rings (SSSR count). The summed E-state index contributed by atoms with van der Waals surface area (Å²) in [7, 11) is 0. The Kier molecular flexibility index (Phi) is 3.37. The van der Waals surface area contributed by atoms with Crippen molar-refractivity contribution in [3.8, 4) is 0 Å². The molecule has 0 fully saturated rings. The van der Waals surface area contributed by atoms with Gasteiger partial charge in [-0.2, -0.15) is 0 Å². The van der Waals surface area contributed by atoms with Crippen LogP contribution in [0.5, 0.6) is 0 Å². The van der Waals surface area contributed by atoms with Gasteiger partial charge >= 0.3 is 0 Å². The number of nitrogens with zero attached hydrogens (tertiary/aromatic N) is 4. The van der Waals surface area contributed by atoms with E-state index >= 15 is 0 Å². The van der Waals surface area contributed by atoms with Crippen molar-refractivity contribution >= 4 is 11.9 Å². The molecule has 0 unspecified atom stereocenters. The van der Waals surface area contributed by atoms with Crippen LogP contribution in [0.4, 0.5) is 0 Å². The van der Waals surface area contributed by atoms with E-state index in [1.807, 2.05) is 25.3 Å². The van der Waals surface area contributed by atoms with E-state index in [-0.39, 0.29) is 0 Å². The van der Waals surface area contributed by atoms with Crippen LogP contribution in [-0.2, 0) is 6.54 Å². The zero-order chi connectivity index (χ0) is 13.9. The summed E-state index contributed by atoms with van der Waals surface area (Å²) >= 11 is 0. The molecule has 1 aliphatic heterocycles. The smallest absolute Gasteiger partial charge is 0.161 e. The van der Waals surface area contributed by atoms with Gasteiger partial charge in [-0.1, -0.05) is 12.1 Å². The lowest BCUT2D eigenvalue weighted by atomic mass is 10.1. The van der Waals surface area contributed by atoms with Gasteiger partial charge in [-0.05, 0) is 37.1 Å². The third-order valence-corrected chi connectivity index (χ3v) is 3.26. The van der Waals surface area contributed by atoms with Gasteiger partial charge in [-0.15, -0.1) is 0 Å². The molecule has 0 N–H and O–H groups in total. The van der Waals surface area contributed by atoms with E-state index in [4.69, 9.17) is 0 Å². The van der Waals surface area contributed by atoms with Crippen molar-refractivity contribution in [2.24, 2.45) is 9.98 Å². The number of rotatable bonds is 2. The number of aromatic nitrogens is 2. The number of amidine groups is 1. The van der Waals surface area contributed by atoms with Gasteiger partial charge in [-0.3, -0.25) is 9.98 Å². The number of aliphatic imine (C=N–C) groups is 1. The Morgan fingerprint density at radius 2 is 2.20 bits per heavy atom. The third kappa shape index (κ3) is 2.64. The molecule has 0 spiro atoms. The number of pyridine rings is 2. The molecule has 4 heteroatoms. The fourth-order valence-electron chi connectivity index (χ4n) is 2.30. The molecule has 0 amide bonds. The van der Waals surface area contributed by atoms with Crippen LogP contribution in [0, 0.1) is 13.8 Å². The normalized spacial score (nSPS) is 15.4. The van der Waals surface area contributed by atoms with E-state index in [1.165, 1.54) is 5.56 Å². The zero-order valence-electron chi connectivity index (χ0n) is 11.7. The van der Waals surface area contributed by atoms with Crippen LogP contribution in [-0.4, -0.2) is 15.8 Å². The van der Waals surface area contributed by atoms with Gasteiger partial charge in [0.05, 0.1) is 6.54 Å². The van der Waals surface area contributed by atoms with Crippen LogP contribution in [0.2, 0.25) is 0 Å². The summed E-state index contributed by atoms with van der Waals surface area (Å²) in [5, 5.41) is 1.14. The maximum absolute atomic E-state index is 4.57. The maximum atomic E-state index is 4.57. The first-order valence-electron chi connectivity index (χ1n) is 6.68. The highest BCUT2D eigenvalue weighted by atomic mass is 15.0. The summed E-state index contributed by atoms with van der Waals surface area (Å²) in [5.74, 6) is 0.832. The predicted octanol–water partition coefficient (Wildman–Crippen LogP) is 1.50. The summed E-state index contributed by atoms with van der Waals surface area (Å²) in [5.41, 5.74) is 4.10. The molecule has 0 aromatic carbocycles. The maximum Gasteiger partial charge on any atom is 0.161 e. The Labute approximate surface area is 117 Å². The Balaban J connectivity index is 1.93. The molecule has 100 valence electrons. The Bertz CT molecular complexity index is 776. The molecule has 20 heavy (non-hydrogen) atoms. The van der Waals surface area contributed by atoms with Crippen molar-refractivity contribution in [2.75, 3.05) is 0 Å². The van der Waals surface area contributed by atoms with Crippen LogP contribution >= 0.6 is 0 Å². The number of hydrogen-bond acceptors (Lipinski definition) is 3. The number of aryl methyl sites for hydroxylation is 2. The molecule has 4 nitrogen and oxygen atoms in total. The van der Waals surface area contributed by atoms with Crippen LogP contribution in [0.25, 0.3) is 6.08 Å². The van der Waals surface area contributed by atoms with E-state index < -0.39 is 0 Å². The van der Waals surface area contributed by atoms with Gasteiger partial charge in [0.15, 0.2) is 5.49 Å². The summed E-state index contributed by atoms with van der Waals surface area (Å²) < 4.78 is 0. The molecule has 2 aromatic heterocycles. The molecule has 0 bridgehead atoms. The summed E-state index contributed by atoms with van der Waals surface area (Å²) in [6.07, 6.45) is 6.52. The molecule has 0 saturated carbocycles. The zero-order valence-corrected chi connectivity index (χ0v) is 11.7. The first-order valence-corrected chi connectivity index (χ1v) is 6.68. The lowest BCUT2D eigenvalue weighted by Crippen LogP contribution is -2.35. The van der Waals surface area contributed by atoms with Crippen molar-refractivity contribution in [3.63, 3.8) is 0 Å². The molecule has 3 heterocycles. The minimum Gasteiger partial charge on any atom is -0.265 e. The average Bonchev–Trinajstić information content (AvgIpc) is 2.45. The van der Waals surface area contributed by atoms with Gasteiger partial charge in [0, 0.05) is 29.7 Å². The Hall–Kier alpha value is -2.36. The van der Waals surface area contributed by atoms with Crippen LogP contribution in [0.1, 0.15) is 23.2 Å². The van der Waals surface area contributed by atoms with Crippen molar-refractivity contribution in [1.82, 2.24) is 9.97 Å². The molecule has 0 atom stereocenters. The van der Waals surface area contributed by atoms with Gasteiger partial charge in [0.2, 0.25) is 0 Å². The van der Waals surface area contributed by atoms with E-state index in [0.29, 0.717) is 6.54 Å². The fourth-order valence-corrected chi connectivity index (χ4v) is 2.30. The standard InChI is InChI=1S/C16H16N4/c1-11-8-12(2)19-16-14(11)5-6-15(20-16)18-10-13-4-3-7-17-9-13/h3-5,7-9H,6,10H2,1-2H3. The topological polar surface area (TPSA) is 50.5 Å². The third-order valence-electron chi connectivity index (χ3n) is 3.26.